The van der Waals surface area contributed by atoms with Crippen molar-refractivity contribution in [2.75, 3.05) is 13.2 Å². The first-order chi connectivity index (χ1) is 11.7. The maximum absolute atomic E-state index is 12.2. The van der Waals surface area contributed by atoms with E-state index in [1.165, 1.54) is 6.08 Å². The Balaban J connectivity index is 1.83. The molecule has 1 fully saturated rings. The van der Waals surface area contributed by atoms with Crippen LogP contribution in [0, 0.1) is 0 Å². The molecule has 0 aliphatic carbocycles. The number of carbonyl (C=O) groups is 2. The molecule has 1 aromatic rings. The summed E-state index contributed by atoms with van der Waals surface area (Å²) in [5, 5.41) is 5.69. The van der Waals surface area contributed by atoms with Gasteiger partial charge < -0.3 is 15.4 Å². The van der Waals surface area contributed by atoms with Gasteiger partial charge in [-0.3, -0.25) is 9.59 Å². The van der Waals surface area contributed by atoms with Crippen LogP contribution < -0.4 is 10.6 Å². The Bertz CT molecular complexity index is 617. The summed E-state index contributed by atoms with van der Waals surface area (Å²) in [5.41, 5.74) is 1.47. The summed E-state index contributed by atoms with van der Waals surface area (Å²) < 4.78 is 5.49. The Hall–Kier alpha value is -2.40. The fourth-order valence-electron chi connectivity index (χ4n) is 2.44. The Labute approximate surface area is 142 Å². The first kappa shape index (κ1) is 17.9. The fourth-order valence-corrected chi connectivity index (χ4v) is 2.44. The second kappa shape index (κ2) is 9.67. The van der Waals surface area contributed by atoms with Gasteiger partial charge in [-0.1, -0.05) is 30.4 Å². The van der Waals surface area contributed by atoms with Crippen molar-refractivity contribution >= 4 is 11.8 Å². The van der Waals surface area contributed by atoms with Gasteiger partial charge in [0.25, 0.3) is 5.91 Å². The summed E-state index contributed by atoms with van der Waals surface area (Å²) in [7, 11) is 0. The predicted molar refractivity (Wildman–Crippen MR) is 93.5 cm³/mol. The third-order valence-corrected chi connectivity index (χ3v) is 3.72. The second-order valence-electron chi connectivity index (χ2n) is 5.65. The summed E-state index contributed by atoms with van der Waals surface area (Å²) in [4.78, 5) is 23.8. The molecule has 2 N–H and O–H groups in total. The van der Waals surface area contributed by atoms with Crippen LogP contribution in [-0.4, -0.2) is 31.1 Å². The van der Waals surface area contributed by atoms with Gasteiger partial charge in [-0.2, -0.15) is 0 Å². The molecule has 1 aliphatic rings. The lowest BCUT2D eigenvalue weighted by molar-refractivity contribution is -0.116. The van der Waals surface area contributed by atoms with Gasteiger partial charge >= 0.3 is 0 Å². The highest BCUT2D eigenvalue weighted by Gasteiger charge is 2.16. The van der Waals surface area contributed by atoms with Gasteiger partial charge in [-0.05, 0) is 37.5 Å². The lowest BCUT2D eigenvalue weighted by Crippen LogP contribution is -2.31. The van der Waals surface area contributed by atoms with E-state index < -0.39 is 0 Å². The summed E-state index contributed by atoms with van der Waals surface area (Å²) in [6.45, 7) is 3.58. The molecule has 0 aromatic heterocycles. The molecule has 2 rings (SSSR count). The average molecular weight is 328 g/mol. The van der Waals surface area contributed by atoms with Crippen LogP contribution in [0.5, 0.6) is 0 Å². The van der Waals surface area contributed by atoms with Crippen LogP contribution in [-0.2, 0) is 16.1 Å². The van der Waals surface area contributed by atoms with Gasteiger partial charge in [0.1, 0.15) is 0 Å². The highest BCUT2D eigenvalue weighted by atomic mass is 16.5. The van der Waals surface area contributed by atoms with Crippen molar-refractivity contribution in [3.8, 4) is 0 Å². The number of benzene rings is 1. The molecule has 1 saturated heterocycles. The molecule has 1 aliphatic heterocycles. The normalized spacial score (nSPS) is 17.5. The van der Waals surface area contributed by atoms with E-state index in [1.54, 1.807) is 24.3 Å². The monoisotopic (exact) mass is 328 g/mol. The molecule has 0 spiro atoms. The van der Waals surface area contributed by atoms with Gasteiger partial charge in [0.2, 0.25) is 5.91 Å². The van der Waals surface area contributed by atoms with E-state index >= 15 is 0 Å². The quantitative estimate of drug-likeness (QED) is 0.596. The van der Waals surface area contributed by atoms with Crippen LogP contribution in [0.15, 0.2) is 48.6 Å². The van der Waals surface area contributed by atoms with Gasteiger partial charge in [0.05, 0.1) is 6.10 Å². The number of hydrogen-bond donors (Lipinski definition) is 2. The van der Waals surface area contributed by atoms with Crippen molar-refractivity contribution in [2.45, 2.75) is 32.4 Å². The maximum Gasteiger partial charge on any atom is 0.251 e. The molecule has 0 radical (unpaired) electrons. The van der Waals surface area contributed by atoms with Crippen LogP contribution in [0.1, 0.15) is 35.7 Å². The molecule has 1 atom stereocenters. The van der Waals surface area contributed by atoms with Crippen molar-refractivity contribution in [2.24, 2.45) is 0 Å². The van der Waals surface area contributed by atoms with E-state index in [0.717, 1.165) is 25.0 Å². The summed E-state index contributed by atoms with van der Waals surface area (Å²) in [5.74, 6) is -0.284. The minimum atomic E-state index is -0.165. The van der Waals surface area contributed by atoms with Crippen molar-refractivity contribution < 1.29 is 14.3 Å². The fraction of sp³-hybridized carbons (Fsp3) is 0.368. The van der Waals surface area contributed by atoms with Gasteiger partial charge in [-0.25, -0.2) is 0 Å². The molecule has 0 saturated carbocycles. The predicted octanol–water partition coefficient (Wildman–Crippen LogP) is 2.34. The molecule has 128 valence electrons. The number of ether oxygens (including phenoxy) is 1. The van der Waals surface area contributed by atoms with Crippen molar-refractivity contribution in [3.63, 3.8) is 0 Å². The first-order valence-electron chi connectivity index (χ1n) is 8.25. The largest absolute Gasteiger partial charge is 0.376 e. The Morgan fingerprint density at radius 1 is 1.29 bits per heavy atom. The van der Waals surface area contributed by atoms with Gasteiger partial charge in [0, 0.05) is 31.3 Å². The van der Waals surface area contributed by atoms with Gasteiger partial charge in [-0.15, -0.1) is 0 Å². The highest BCUT2D eigenvalue weighted by molar-refractivity contribution is 5.94. The Morgan fingerprint density at radius 2 is 2.17 bits per heavy atom. The molecule has 1 heterocycles. The van der Waals surface area contributed by atoms with Crippen molar-refractivity contribution in [1.82, 2.24) is 10.6 Å². The van der Waals surface area contributed by atoms with Crippen molar-refractivity contribution in [1.29, 1.82) is 0 Å². The van der Waals surface area contributed by atoms with Crippen LogP contribution >= 0.6 is 0 Å². The van der Waals surface area contributed by atoms with E-state index in [2.05, 4.69) is 10.6 Å². The number of rotatable bonds is 7. The number of allylic oxidation sites excluding steroid dienone is 3. The zero-order valence-electron chi connectivity index (χ0n) is 14.0. The molecule has 0 bridgehead atoms. The first-order valence-corrected chi connectivity index (χ1v) is 8.25. The molecule has 2 amide bonds. The lowest BCUT2D eigenvalue weighted by atomic mass is 10.1. The molecule has 5 nitrogen and oxygen atoms in total. The minimum absolute atomic E-state index is 0.119. The molecular formula is C19H24N2O3. The molecule has 1 unspecified atom stereocenters. The van der Waals surface area contributed by atoms with E-state index in [4.69, 9.17) is 4.74 Å². The second-order valence-corrected chi connectivity index (χ2v) is 5.65. The lowest BCUT2D eigenvalue weighted by Gasteiger charge is -2.11. The molecule has 24 heavy (non-hydrogen) atoms. The van der Waals surface area contributed by atoms with Crippen LogP contribution in [0.3, 0.4) is 0 Å². The molecular weight excluding hydrogens is 304 g/mol. The minimum Gasteiger partial charge on any atom is -0.376 e. The van der Waals surface area contributed by atoms with Crippen LogP contribution in [0.4, 0.5) is 0 Å². The zero-order chi connectivity index (χ0) is 17.2. The van der Waals surface area contributed by atoms with Crippen molar-refractivity contribution in [3.05, 3.63) is 59.7 Å². The third-order valence-electron chi connectivity index (χ3n) is 3.72. The average Bonchev–Trinajstić information content (AvgIpc) is 3.12. The Kier molecular flexibility index (Phi) is 7.23. The molecule has 1 aromatic carbocycles. The smallest absolute Gasteiger partial charge is 0.251 e. The summed E-state index contributed by atoms with van der Waals surface area (Å²) in [6, 6.07) is 7.26. The Morgan fingerprint density at radius 3 is 2.92 bits per heavy atom. The van der Waals surface area contributed by atoms with E-state index in [1.807, 2.05) is 25.1 Å². The number of hydrogen-bond acceptors (Lipinski definition) is 3. The maximum atomic E-state index is 12.2. The zero-order valence-corrected chi connectivity index (χ0v) is 14.0. The van der Waals surface area contributed by atoms with E-state index in [9.17, 15) is 9.59 Å². The highest BCUT2D eigenvalue weighted by Crippen LogP contribution is 2.11. The van der Waals surface area contributed by atoms with E-state index in [-0.39, 0.29) is 17.9 Å². The summed E-state index contributed by atoms with van der Waals surface area (Å²) in [6.07, 6.45) is 8.97. The number of nitrogens with one attached hydrogen (secondary N) is 2. The summed E-state index contributed by atoms with van der Waals surface area (Å²) >= 11 is 0. The molecule has 5 heteroatoms. The number of carbonyl (C=O) groups excluding carboxylic acids is 2. The third kappa shape index (κ3) is 6.01. The number of amides is 2. The van der Waals surface area contributed by atoms with E-state index in [0.29, 0.717) is 18.7 Å². The van der Waals surface area contributed by atoms with Crippen LogP contribution in [0.2, 0.25) is 0 Å². The SMILES string of the molecule is CC=CC=CC(=O)NCc1cccc(C(=O)NCC2CCCO2)c1. The van der Waals surface area contributed by atoms with Crippen LogP contribution in [0.25, 0.3) is 0 Å². The van der Waals surface area contributed by atoms with Gasteiger partial charge in [0.15, 0.2) is 0 Å². The topological polar surface area (TPSA) is 67.4 Å². The standard InChI is InChI=1S/C19H24N2O3/c1-2-3-4-10-18(22)20-13-15-7-5-8-16(12-15)19(23)21-14-17-9-6-11-24-17/h2-5,7-8,10,12,17H,6,9,11,13-14H2,1H3,(H,20,22)(H,21,23).